The van der Waals surface area contributed by atoms with Crippen LogP contribution in [0.15, 0.2) is 18.3 Å². The van der Waals surface area contributed by atoms with Crippen LogP contribution in [0.5, 0.6) is 0 Å². The Morgan fingerprint density at radius 2 is 2.38 bits per heavy atom. The molecule has 4 heterocycles. The van der Waals surface area contributed by atoms with E-state index in [1.54, 1.807) is 17.0 Å². The van der Waals surface area contributed by atoms with Gasteiger partial charge in [-0.15, -0.1) is 5.10 Å². The maximum Gasteiger partial charge on any atom is 0.274 e. The summed E-state index contributed by atoms with van der Waals surface area (Å²) in [4.78, 5) is 14.4. The van der Waals surface area contributed by atoms with E-state index < -0.39 is 10.0 Å². The van der Waals surface area contributed by atoms with E-state index in [1.165, 1.54) is 6.20 Å². The molecule has 0 unspecified atom stereocenters. The van der Waals surface area contributed by atoms with Crippen LogP contribution in [0.25, 0.3) is 0 Å². The van der Waals surface area contributed by atoms with Crippen molar-refractivity contribution in [2.24, 2.45) is 11.8 Å². The molecule has 3 saturated heterocycles. The minimum absolute atomic E-state index is 0.0815. The summed E-state index contributed by atoms with van der Waals surface area (Å²) in [6, 6.07) is 3.35. The number of nitrogens with one attached hydrogen (secondary N) is 1. The first kappa shape index (κ1) is 15.9. The van der Waals surface area contributed by atoms with Crippen LogP contribution in [0.3, 0.4) is 0 Å². The van der Waals surface area contributed by atoms with Gasteiger partial charge in [-0.25, -0.2) is 13.1 Å². The zero-order valence-corrected chi connectivity index (χ0v) is 14.2. The molecule has 0 radical (unpaired) electrons. The highest BCUT2D eigenvalue weighted by molar-refractivity contribution is 7.88. The molecule has 3 fully saturated rings. The fourth-order valence-corrected chi connectivity index (χ4v) is 4.94. The van der Waals surface area contributed by atoms with Crippen molar-refractivity contribution >= 4 is 15.9 Å². The quantitative estimate of drug-likeness (QED) is 0.794. The highest BCUT2D eigenvalue weighted by Gasteiger charge is 2.63. The first-order valence-corrected chi connectivity index (χ1v) is 9.97. The smallest absolute Gasteiger partial charge is 0.274 e. The van der Waals surface area contributed by atoms with Crippen LogP contribution in [-0.2, 0) is 14.8 Å². The molecule has 4 atom stereocenters. The molecule has 9 heteroatoms. The lowest BCUT2D eigenvalue weighted by molar-refractivity contribution is 0.00318. The van der Waals surface area contributed by atoms with Crippen molar-refractivity contribution in [1.29, 1.82) is 0 Å². The Labute approximate surface area is 140 Å². The van der Waals surface area contributed by atoms with Crippen molar-refractivity contribution in [3.63, 3.8) is 0 Å². The maximum absolute atomic E-state index is 12.6. The summed E-state index contributed by atoms with van der Waals surface area (Å²) in [5.74, 6) is 0.119. The van der Waals surface area contributed by atoms with Crippen molar-refractivity contribution < 1.29 is 17.9 Å². The first-order chi connectivity index (χ1) is 11.4. The standard InChI is InChI=1S/C15H20N4O4S/c1-24(21,22)17-7-10-11-8-19(9-15(11)5-4-13(10)23-15)14(20)12-3-2-6-16-18-12/h2-3,6,10-11,13,17H,4-5,7-9H2,1H3/t10-,11+,13+,15+/m0/s1. The molecule has 2 bridgehead atoms. The van der Waals surface area contributed by atoms with Crippen LogP contribution in [0.1, 0.15) is 23.3 Å². The Kier molecular flexibility index (Phi) is 3.63. The Bertz CT molecular complexity index is 756. The van der Waals surface area contributed by atoms with Gasteiger partial charge in [0, 0.05) is 31.1 Å². The molecule has 24 heavy (non-hydrogen) atoms. The SMILES string of the molecule is CS(=O)(=O)NC[C@H]1[C@H]2CN(C(=O)c3cccnn3)C[C@]23CC[C@H]1O3. The number of aromatic nitrogens is 2. The average molecular weight is 352 g/mol. The van der Waals surface area contributed by atoms with Gasteiger partial charge in [-0.05, 0) is 25.0 Å². The number of carbonyl (C=O) groups excluding carboxylic acids is 1. The van der Waals surface area contributed by atoms with E-state index in [1.807, 2.05) is 0 Å². The van der Waals surface area contributed by atoms with Gasteiger partial charge in [0.2, 0.25) is 10.0 Å². The van der Waals surface area contributed by atoms with Gasteiger partial charge in [0.05, 0.1) is 24.5 Å². The lowest BCUT2D eigenvalue weighted by Crippen LogP contribution is -2.41. The third kappa shape index (κ3) is 2.60. The van der Waals surface area contributed by atoms with Crippen LogP contribution in [0, 0.1) is 11.8 Å². The number of hydrogen-bond donors (Lipinski definition) is 1. The van der Waals surface area contributed by atoms with Crippen LogP contribution < -0.4 is 4.72 Å². The molecular weight excluding hydrogens is 332 g/mol. The summed E-state index contributed by atoms with van der Waals surface area (Å²) in [7, 11) is -3.24. The summed E-state index contributed by atoms with van der Waals surface area (Å²) < 4.78 is 31.6. The van der Waals surface area contributed by atoms with E-state index in [0.717, 1.165) is 19.1 Å². The van der Waals surface area contributed by atoms with Gasteiger partial charge >= 0.3 is 0 Å². The summed E-state index contributed by atoms with van der Waals surface area (Å²) in [6.07, 6.45) is 4.61. The Hall–Kier alpha value is -1.58. The highest BCUT2D eigenvalue weighted by atomic mass is 32.2. The predicted molar refractivity (Wildman–Crippen MR) is 84.6 cm³/mol. The Morgan fingerprint density at radius 1 is 1.54 bits per heavy atom. The molecular formula is C15H20N4O4S. The van der Waals surface area contributed by atoms with Crippen molar-refractivity contribution in [1.82, 2.24) is 19.8 Å². The van der Waals surface area contributed by atoms with Gasteiger partial charge in [0.1, 0.15) is 0 Å². The van der Waals surface area contributed by atoms with Crippen LogP contribution in [0.2, 0.25) is 0 Å². The molecule has 130 valence electrons. The number of likely N-dealkylation sites (tertiary alicyclic amines) is 1. The monoisotopic (exact) mass is 352 g/mol. The second-order valence-electron chi connectivity index (χ2n) is 6.95. The van der Waals surface area contributed by atoms with E-state index in [9.17, 15) is 13.2 Å². The normalized spacial score (nSPS) is 34.5. The number of nitrogens with zero attached hydrogens (tertiary/aromatic N) is 3. The number of sulfonamides is 1. The number of amides is 1. The molecule has 0 saturated carbocycles. The zero-order chi connectivity index (χ0) is 16.9. The molecule has 1 amide bonds. The first-order valence-electron chi connectivity index (χ1n) is 8.07. The minimum atomic E-state index is -3.24. The number of carbonyl (C=O) groups is 1. The van der Waals surface area contributed by atoms with Crippen molar-refractivity contribution in [2.75, 3.05) is 25.9 Å². The molecule has 1 aromatic rings. The van der Waals surface area contributed by atoms with Gasteiger partial charge in [0.25, 0.3) is 5.91 Å². The average Bonchev–Trinajstić information content (AvgIpc) is 3.20. The molecule has 1 aromatic heterocycles. The van der Waals surface area contributed by atoms with Gasteiger partial charge in [-0.3, -0.25) is 4.79 Å². The van der Waals surface area contributed by atoms with E-state index in [4.69, 9.17) is 4.74 Å². The molecule has 4 rings (SSSR count). The molecule has 1 spiro atoms. The number of rotatable bonds is 4. The zero-order valence-electron chi connectivity index (χ0n) is 13.4. The molecule has 0 aliphatic carbocycles. The van der Waals surface area contributed by atoms with E-state index >= 15 is 0 Å². The van der Waals surface area contributed by atoms with Crippen LogP contribution >= 0.6 is 0 Å². The summed E-state index contributed by atoms with van der Waals surface area (Å²) in [6.45, 7) is 1.48. The Balaban J connectivity index is 1.52. The summed E-state index contributed by atoms with van der Waals surface area (Å²) >= 11 is 0. The summed E-state index contributed by atoms with van der Waals surface area (Å²) in [5, 5.41) is 7.65. The number of hydrogen-bond acceptors (Lipinski definition) is 6. The highest BCUT2D eigenvalue weighted by Crippen LogP contribution is 2.54. The fourth-order valence-electron chi connectivity index (χ4n) is 4.44. The molecule has 8 nitrogen and oxygen atoms in total. The fraction of sp³-hybridized carbons (Fsp3) is 0.667. The lowest BCUT2D eigenvalue weighted by atomic mass is 9.74. The maximum atomic E-state index is 12.6. The van der Waals surface area contributed by atoms with Crippen molar-refractivity contribution in [2.45, 2.75) is 24.5 Å². The third-order valence-electron chi connectivity index (χ3n) is 5.44. The van der Waals surface area contributed by atoms with Crippen LogP contribution in [0.4, 0.5) is 0 Å². The summed E-state index contributed by atoms with van der Waals surface area (Å²) in [5.41, 5.74) is 0.000994. The molecule has 1 N–H and O–H groups in total. The second-order valence-corrected chi connectivity index (χ2v) is 8.78. The van der Waals surface area contributed by atoms with Crippen molar-refractivity contribution in [3.8, 4) is 0 Å². The van der Waals surface area contributed by atoms with Crippen LogP contribution in [-0.4, -0.2) is 67.0 Å². The van der Waals surface area contributed by atoms with Crippen molar-refractivity contribution in [3.05, 3.63) is 24.0 Å². The lowest BCUT2D eigenvalue weighted by Gasteiger charge is -2.29. The molecule has 3 aliphatic heterocycles. The van der Waals surface area contributed by atoms with Gasteiger partial charge < -0.3 is 9.64 Å². The number of ether oxygens (including phenoxy) is 1. The van der Waals surface area contributed by atoms with E-state index in [-0.39, 0.29) is 29.4 Å². The second kappa shape index (κ2) is 5.47. The third-order valence-corrected chi connectivity index (χ3v) is 6.13. The van der Waals surface area contributed by atoms with Gasteiger partial charge in [0.15, 0.2) is 5.69 Å². The minimum Gasteiger partial charge on any atom is -0.369 e. The largest absolute Gasteiger partial charge is 0.369 e. The van der Waals surface area contributed by atoms with Gasteiger partial charge in [-0.1, -0.05) is 0 Å². The predicted octanol–water partition coefficient (Wildman–Crippen LogP) is -0.355. The topological polar surface area (TPSA) is 101 Å². The molecule has 0 aromatic carbocycles. The Morgan fingerprint density at radius 3 is 3.08 bits per heavy atom. The van der Waals surface area contributed by atoms with E-state index in [0.29, 0.717) is 25.3 Å². The van der Waals surface area contributed by atoms with Gasteiger partial charge in [-0.2, -0.15) is 5.10 Å². The molecule has 3 aliphatic rings. The number of fused-ring (bicyclic) bond motifs is 1. The van der Waals surface area contributed by atoms with E-state index in [2.05, 4.69) is 14.9 Å².